The summed E-state index contributed by atoms with van der Waals surface area (Å²) in [6, 6.07) is 6.53. The fourth-order valence-electron chi connectivity index (χ4n) is 3.24. The molecule has 2 aromatic rings. The lowest BCUT2D eigenvalue weighted by Crippen LogP contribution is -2.25. The molecule has 0 bridgehead atoms. The average Bonchev–Trinajstić information content (AvgIpc) is 2.97. The lowest BCUT2D eigenvalue weighted by Gasteiger charge is -2.20. The number of likely N-dealkylation sites (tertiary alicyclic amines) is 1. The smallest absolute Gasteiger partial charge is 0.249 e. The normalized spacial score (nSPS) is 18.3. The van der Waals surface area contributed by atoms with Crippen molar-refractivity contribution in [2.75, 3.05) is 37.4 Å². The highest BCUT2D eigenvalue weighted by molar-refractivity contribution is 7.10. The van der Waals surface area contributed by atoms with Crippen LogP contribution in [0.15, 0.2) is 29.8 Å². The predicted octanol–water partition coefficient (Wildman–Crippen LogP) is 2.77. The van der Waals surface area contributed by atoms with Crippen molar-refractivity contribution in [1.82, 2.24) is 9.88 Å². The maximum atomic E-state index is 11.2. The molecule has 1 saturated heterocycles. The van der Waals surface area contributed by atoms with Crippen LogP contribution in [0.3, 0.4) is 0 Å². The quantitative estimate of drug-likeness (QED) is 0.814. The maximum absolute atomic E-state index is 11.2. The summed E-state index contributed by atoms with van der Waals surface area (Å²) in [6.07, 6.45) is 5.33. The first kappa shape index (κ1) is 18.7. The number of nitrogens with one attached hydrogen (secondary N) is 1. The van der Waals surface area contributed by atoms with Crippen molar-refractivity contribution < 1.29 is 4.79 Å². The second-order valence-corrected chi connectivity index (χ2v) is 8.01. The van der Waals surface area contributed by atoms with Crippen LogP contribution in [0.4, 0.5) is 11.5 Å². The van der Waals surface area contributed by atoms with Gasteiger partial charge in [-0.3, -0.25) is 9.69 Å². The molecule has 140 valence electrons. The number of nitrogens with two attached hydrogens (primary N) is 1. The van der Waals surface area contributed by atoms with Crippen LogP contribution < -0.4 is 16.0 Å². The second-order valence-electron chi connectivity index (χ2n) is 7.01. The summed E-state index contributed by atoms with van der Waals surface area (Å²) in [4.78, 5) is 21.4. The van der Waals surface area contributed by atoms with Gasteiger partial charge in [0.15, 0.2) is 0 Å². The summed E-state index contributed by atoms with van der Waals surface area (Å²) in [5, 5.41) is 5.48. The van der Waals surface area contributed by atoms with Gasteiger partial charge in [-0.05, 0) is 44.0 Å². The molecule has 1 aliphatic rings. The third-order valence-corrected chi connectivity index (χ3v) is 5.64. The first-order chi connectivity index (χ1) is 12.5. The minimum atomic E-state index is -0.346. The molecule has 3 N–H and O–H groups in total. The molecule has 1 fully saturated rings. The van der Waals surface area contributed by atoms with Crippen molar-refractivity contribution in [2.24, 2.45) is 5.73 Å². The highest BCUT2D eigenvalue weighted by atomic mass is 32.1. The molecule has 0 radical (unpaired) electrons. The van der Waals surface area contributed by atoms with Crippen LogP contribution >= 0.6 is 11.3 Å². The number of nitrogens with zero attached hydrogens (tertiary/aromatic N) is 3. The van der Waals surface area contributed by atoms with Crippen LogP contribution in [0.5, 0.6) is 0 Å². The van der Waals surface area contributed by atoms with E-state index >= 15 is 0 Å². The van der Waals surface area contributed by atoms with Crippen molar-refractivity contribution in [2.45, 2.75) is 31.8 Å². The first-order valence-corrected chi connectivity index (χ1v) is 9.88. The van der Waals surface area contributed by atoms with Crippen LogP contribution in [-0.2, 0) is 6.54 Å². The summed E-state index contributed by atoms with van der Waals surface area (Å²) < 4.78 is 0. The van der Waals surface area contributed by atoms with Gasteiger partial charge in [0.25, 0.3) is 0 Å². The minimum absolute atomic E-state index is 0.346. The first-order valence-electron chi connectivity index (χ1n) is 9.01. The van der Waals surface area contributed by atoms with E-state index in [1.54, 1.807) is 11.3 Å². The summed E-state index contributed by atoms with van der Waals surface area (Å²) in [6.45, 7) is 3.02. The number of anilines is 2. The van der Waals surface area contributed by atoms with E-state index in [2.05, 4.69) is 21.3 Å². The number of carbonyl (C=O) groups is 1. The Kier molecular flexibility index (Phi) is 6.11. The molecule has 1 amide bonds. The average molecular weight is 374 g/mol. The maximum Gasteiger partial charge on any atom is 0.249 e. The summed E-state index contributed by atoms with van der Waals surface area (Å²) in [5.74, 6) is 0.621. The Morgan fingerprint density at radius 3 is 2.88 bits per heavy atom. The number of carbonyl (C=O) groups excluding carboxylic acids is 1. The highest BCUT2D eigenvalue weighted by Gasteiger charge is 2.18. The van der Waals surface area contributed by atoms with Crippen molar-refractivity contribution in [3.05, 3.63) is 40.2 Å². The highest BCUT2D eigenvalue weighted by Crippen LogP contribution is 2.21. The Morgan fingerprint density at radius 2 is 2.23 bits per heavy atom. The van der Waals surface area contributed by atoms with E-state index in [0.717, 1.165) is 50.4 Å². The van der Waals surface area contributed by atoms with Gasteiger partial charge >= 0.3 is 0 Å². The monoisotopic (exact) mass is 373 g/mol. The van der Waals surface area contributed by atoms with E-state index in [-0.39, 0.29) is 5.91 Å². The second kappa shape index (κ2) is 8.51. The molecule has 0 aromatic carbocycles. The van der Waals surface area contributed by atoms with Crippen molar-refractivity contribution >= 4 is 28.7 Å². The van der Waals surface area contributed by atoms with Gasteiger partial charge in [-0.15, -0.1) is 11.3 Å². The van der Waals surface area contributed by atoms with E-state index < -0.39 is 0 Å². The molecule has 0 saturated carbocycles. The van der Waals surface area contributed by atoms with Gasteiger partial charge in [-0.2, -0.15) is 0 Å². The van der Waals surface area contributed by atoms with Gasteiger partial charge in [0.2, 0.25) is 5.91 Å². The standard InChI is InChI=1S/C19H27N5OS/c1-23(2)18-6-5-16(11-21-18)22-15-4-3-8-24(9-7-15)12-17-10-14(13-26-17)19(20)25/h5-6,10-11,13,15,22H,3-4,7-9,12H2,1-2H3,(H2,20,25)/t15-/m0/s1. The molecule has 2 aromatic heterocycles. The summed E-state index contributed by atoms with van der Waals surface area (Å²) >= 11 is 1.61. The van der Waals surface area contributed by atoms with Crippen molar-refractivity contribution in [3.63, 3.8) is 0 Å². The Balaban J connectivity index is 1.51. The summed E-state index contributed by atoms with van der Waals surface area (Å²) in [5.41, 5.74) is 7.04. The Labute approximate surface area is 159 Å². The van der Waals surface area contributed by atoms with Crippen molar-refractivity contribution in [1.29, 1.82) is 0 Å². The largest absolute Gasteiger partial charge is 0.381 e. The molecule has 1 aliphatic heterocycles. The third-order valence-electron chi connectivity index (χ3n) is 4.72. The lowest BCUT2D eigenvalue weighted by molar-refractivity contribution is 0.100. The molecule has 6 nitrogen and oxygen atoms in total. The molecule has 0 unspecified atom stereocenters. The Morgan fingerprint density at radius 1 is 1.38 bits per heavy atom. The molecule has 0 spiro atoms. The van der Waals surface area contributed by atoms with Gasteiger partial charge in [-0.25, -0.2) is 4.98 Å². The molecule has 0 aliphatic carbocycles. The zero-order valence-corrected chi connectivity index (χ0v) is 16.3. The molecule has 7 heteroatoms. The van der Waals surface area contributed by atoms with Crippen LogP contribution in [0.1, 0.15) is 34.5 Å². The van der Waals surface area contributed by atoms with Gasteiger partial charge in [0.1, 0.15) is 5.82 Å². The number of hydrogen-bond acceptors (Lipinski definition) is 6. The lowest BCUT2D eigenvalue weighted by atomic mass is 10.1. The van der Waals surface area contributed by atoms with Crippen LogP contribution in [0.25, 0.3) is 0 Å². The van der Waals surface area contributed by atoms with Gasteiger partial charge in [0.05, 0.1) is 17.4 Å². The summed E-state index contributed by atoms with van der Waals surface area (Å²) in [7, 11) is 3.99. The number of primary amides is 1. The molecule has 3 rings (SSSR count). The zero-order valence-electron chi connectivity index (χ0n) is 15.4. The molecule has 26 heavy (non-hydrogen) atoms. The van der Waals surface area contributed by atoms with E-state index in [1.807, 2.05) is 42.7 Å². The molecule has 1 atom stereocenters. The Bertz CT molecular complexity index is 728. The molecular formula is C19H27N5OS. The zero-order chi connectivity index (χ0) is 18.5. The number of aromatic nitrogens is 1. The van der Waals surface area contributed by atoms with Crippen molar-refractivity contribution in [3.8, 4) is 0 Å². The predicted molar refractivity (Wildman–Crippen MR) is 108 cm³/mol. The molecular weight excluding hydrogens is 346 g/mol. The van der Waals surface area contributed by atoms with E-state index in [4.69, 9.17) is 5.73 Å². The van der Waals surface area contributed by atoms with Crippen LogP contribution in [-0.4, -0.2) is 49.0 Å². The number of pyridine rings is 1. The van der Waals surface area contributed by atoms with Crippen LogP contribution in [0.2, 0.25) is 0 Å². The van der Waals surface area contributed by atoms with Crippen LogP contribution in [0, 0.1) is 0 Å². The topological polar surface area (TPSA) is 74.5 Å². The minimum Gasteiger partial charge on any atom is -0.381 e. The number of amides is 1. The third kappa shape index (κ3) is 4.95. The fraction of sp³-hybridized carbons (Fsp3) is 0.474. The van der Waals surface area contributed by atoms with E-state index in [0.29, 0.717) is 11.6 Å². The number of thiophene rings is 1. The molecule has 3 heterocycles. The SMILES string of the molecule is CN(C)c1ccc(N[C@H]2CCCN(Cc3cc(C(N)=O)cs3)CC2)cn1. The van der Waals surface area contributed by atoms with Gasteiger partial charge < -0.3 is 16.0 Å². The van der Waals surface area contributed by atoms with Gasteiger partial charge in [0, 0.05) is 43.5 Å². The Hall–Kier alpha value is -2.12. The fourth-order valence-corrected chi connectivity index (χ4v) is 4.16. The van der Waals surface area contributed by atoms with E-state index in [9.17, 15) is 4.79 Å². The van der Waals surface area contributed by atoms with E-state index in [1.165, 1.54) is 4.88 Å². The number of hydrogen-bond donors (Lipinski definition) is 2. The van der Waals surface area contributed by atoms with Gasteiger partial charge in [-0.1, -0.05) is 0 Å². The number of rotatable bonds is 6.